The van der Waals surface area contributed by atoms with Crippen molar-refractivity contribution in [2.45, 2.75) is 9.92 Å². The molecular weight excluding hydrogens is 236 g/mol. The average Bonchev–Trinajstić information content (AvgIpc) is 2.01. The van der Waals surface area contributed by atoms with Gasteiger partial charge in [-0.3, -0.25) is 9.11 Å². The first-order valence-electron chi connectivity index (χ1n) is 2.91. The van der Waals surface area contributed by atoms with Gasteiger partial charge in [0.05, 0.1) is 6.20 Å². The molecule has 14 heavy (non-hydrogen) atoms. The van der Waals surface area contributed by atoms with Crippen LogP contribution in [0, 0.1) is 6.33 Å². The lowest BCUT2D eigenvalue weighted by molar-refractivity contribution is 0.460. The Morgan fingerprint density at radius 2 is 1.71 bits per heavy atom. The van der Waals surface area contributed by atoms with Crippen LogP contribution in [0.25, 0.3) is 0 Å². The highest BCUT2D eigenvalue weighted by atomic mass is 32.2. The monoisotopic (exact) mass is 239 g/mol. The normalized spacial score (nSPS) is 12.7. The van der Waals surface area contributed by atoms with Crippen molar-refractivity contribution in [3.05, 3.63) is 12.5 Å². The Hall–Kier alpha value is -1.10. The SMILES string of the molecule is O=S(=O)(O)c1cn[c]nc1S(=O)(=O)O. The zero-order valence-electron chi connectivity index (χ0n) is 6.32. The van der Waals surface area contributed by atoms with E-state index >= 15 is 0 Å². The lowest BCUT2D eigenvalue weighted by Gasteiger charge is -1.99. The number of hydrogen-bond donors (Lipinski definition) is 2. The average molecular weight is 239 g/mol. The smallest absolute Gasteiger partial charge is 0.282 e. The van der Waals surface area contributed by atoms with E-state index in [1.165, 1.54) is 0 Å². The Balaban J connectivity index is 3.64. The quantitative estimate of drug-likeness (QED) is 0.483. The van der Waals surface area contributed by atoms with Gasteiger partial charge in [-0.2, -0.15) is 16.8 Å². The van der Waals surface area contributed by atoms with Crippen LogP contribution in [0.5, 0.6) is 0 Å². The molecule has 0 bridgehead atoms. The van der Waals surface area contributed by atoms with Crippen LogP contribution in [0.2, 0.25) is 0 Å². The van der Waals surface area contributed by atoms with Gasteiger partial charge in [0.25, 0.3) is 10.1 Å². The molecule has 0 aliphatic carbocycles. The topological polar surface area (TPSA) is 135 Å². The van der Waals surface area contributed by atoms with Gasteiger partial charge in [-0.15, -0.1) is 0 Å². The maximum Gasteiger partial charge on any atom is 0.313 e. The van der Waals surface area contributed by atoms with E-state index in [1.807, 2.05) is 0 Å². The maximum absolute atomic E-state index is 10.6. The molecule has 0 aliphatic heterocycles. The first-order chi connectivity index (χ1) is 6.23. The van der Waals surface area contributed by atoms with Crippen molar-refractivity contribution in [1.82, 2.24) is 9.97 Å². The number of nitrogens with zero attached hydrogens (tertiary/aromatic N) is 2. The van der Waals surface area contributed by atoms with Gasteiger partial charge in [0.2, 0.25) is 5.03 Å². The van der Waals surface area contributed by atoms with Gasteiger partial charge in [-0.05, 0) is 0 Å². The first kappa shape index (κ1) is 11.0. The molecule has 1 aromatic rings. The molecule has 1 heterocycles. The fraction of sp³-hybridized carbons (Fsp3) is 0. The summed E-state index contributed by atoms with van der Waals surface area (Å²) >= 11 is 0. The molecule has 0 saturated carbocycles. The van der Waals surface area contributed by atoms with E-state index in [0.717, 1.165) is 0 Å². The van der Waals surface area contributed by atoms with Crippen molar-refractivity contribution >= 4 is 20.2 Å². The zero-order chi connectivity index (χ0) is 11.0. The Morgan fingerprint density at radius 1 is 1.14 bits per heavy atom. The van der Waals surface area contributed by atoms with Gasteiger partial charge < -0.3 is 0 Å². The number of aromatic nitrogens is 2. The van der Waals surface area contributed by atoms with Crippen molar-refractivity contribution in [2.75, 3.05) is 0 Å². The van der Waals surface area contributed by atoms with Gasteiger partial charge in [0.1, 0.15) is 0 Å². The molecular formula is C4H3N2O6S2. The Kier molecular flexibility index (Phi) is 2.54. The van der Waals surface area contributed by atoms with Crippen molar-refractivity contribution in [1.29, 1.82) is 0 Å². The molecule has 0 saturated heterocycles. The van der Waals surface area contributed by atoms with Crippen molar-refractivity contribution < 1.29 is 25.9 Å². The van der Waals surface area contributed by atoms with E-state index in [4.69, 9.17) is 9.11 Å². The van der Waals surface area contributed by atoms with Gasteiger partial charge in [-0.25, -0.2) is 9.97 Å². The second kappa shape index (κ2) is 3.24. The van der Waals surface area contributed by atoms with Crippen LogP contribution >= 0.6 is 0 Å². The lowest BCUT2D eigenvalue weighted by Crippen LogP contribution is -2.11. The van der Waals surface area contributed by atoms with E-state index < -0.39 is 30.2 Å². The fourth-order valence-corrected chi connectivity index (χ4v) is 2.18. The van der Waals surface area contributed by atoms with Crippen LogP contribution in [0.3, 0.4) is 0 Å². The minimum Gasteiger partial charge on any atom is -0.282 e. The van der Waals surface area contributed by atoms with Crippen LogP contribution in [-0.2, 0) is 20.2 Å². The van der Waals surface area contributed by atoms with E-state index in [0.29, 0.717) is 6.20 Å². The van der Waals surface area contributed by atoms with E-state index in [9.17, 15) is 16.8 Å². The summed E-state index contributed by atoms with van der Waals surface area (Å²) in [6.07, 6.45) is 2.27. The summed E-state index contributed by atoms with van der Waals surface area (Å²) in [5, 5.41) is -1.21. The van der Waals surface area contributed by atoms with Crippen molar-refractivity contribution in [3.8, 4) is 0 Å². The van der Waals surface area contributed by atoms with Gasteiger partial charge in [0.15, 0.2) is 11.2 Å². The van der Waals surface area contributed by atoms with Crippen molar-refractivity contribution in [3.63, 3.8) is 0 Å². The van der Waals surface area contributed by atoms with Crippen molar-refractivity contribution in [2.24, 2.45) is 0 Å². The fourth-order valence-electron chi connectivity index (χ4n) is 0.634. The number of rotatable bonds is 2. The molecule has 1 radical (unpaired) electrons. The predicted octanol–water partition coefficient (Wildman–Crippen LogP) is -1.23. The molecule has 0 aromatic carbocycles. The summed E-state index contributed by atoms with van der Waals surface area (Å²) < 4.78 is 59.4. The van der Waals surface area contributed by atoms with Gasteiger partial charge >= 0.3 is 10.1 Å². The summed E-state index contributed by atoms with van der Waals surface area (Å²) in [6.45, 7) is 0. The van der Waals surface area contributed by atoms with Gasteiger partial charge in [-0.1, -0.05) is 0 Å². The summed E-state index contributed by atoms with van der Waals surface area (Å²) in [7, 11) is -9.64. The zero-order valence-corrected chi connectivity index (χ0v) is 7.95. The molecule has 0 fully saturated rings. The largest absolute Gasteiger partial charge is 0.313 e. The third-order valence-corrected chi connectivity index (χ3v) is 2.91. The van der Waals surface area contributed by atoms with Crippen LogP contribution < -0.4 is 0 Å². The number of hydrogen-bond acceptors (Lipinski definition) is 6. The molecule has 2 N–H and O–H groups in total. The maximum atomic E-state index is 10.6. The standard InChI is InChI=1S/C4H3N2O6S2/c7-13(8,9)3-1-5-2-6-4(3)14(10,11)12/h1H,(H,7,8,9)(H,10,11,12). The molecule has 1 rings (SSSR count). The molecule has 0 aliphatic rings. The highest BCUT2D eigenvalue weighted by Gasteiger charge is 2.25. The Bertz CT molecular complexity index is 496. The molecule has 77 valence electrons. The van der Waals surface area contributed by atoms with Crippen LogP contribution in [0.1, 0.15) is 0 Å². The van der Waals surface area contributed by atoms with E-state index in [2.05, 4.69) is 9.97 Å². The third-order valence-electron chi connectivity index (χ3n) is 1.12. The molecule has 8 nitrogen and oxygen atoms in total. The Morgan fingerprint density at radius 3 is 2.07 bits per heavy atom. The molecule has 0 unspecified atom stereocenters. The molecule has 0 atom stereocenters. The molecule has 0 spiro atoms. The van der Waals surface area contributed by atoms with Crippen LogP contribution in [-0.4, -0.2) is 35.9 Å². The third kappa shape index (κ3) is 2.23. The highest BCUT2D eigenvalue weighted by Crippen LogP contribution is 2.15. The Labute approximate surface area is 79.1 Å². The summed E-state index contributed by atoms with van der Waals surface area (Å²) in [5.74, 6) is 0. The first-order valence-corrected chi connectivity index (χ1v) is 5.79. The molecule has 1 aromatic heterocycles. The molecule has 10 heteroatoms. The summed E-state index contributed by atoms with van der Waals surface area (Å²) in [5.41, 5.74) is 0. The van der Waals surface area contributed by atoms with E-state index in [-0.39, 0.29) is 0 Å². The van der Waals surface area contributed by atoms with Gasteiger partial charge in [0, 0.05) is 0 Å². The predicted molar refractivity (Wildman–Crippen MR) is 40.5 cm³/mol. The lowest BCUT2D eigenvalue weighted by atomic mass is 10.7. The van der Waals surface area contributed by atoms with E-state index in [1.54, 1.807) is 6.33 Å². The minimum absolute atomic E-state index is 0.505. The highest BCUT2D eigenvalue weighted by molar-refractivity contribution is 7.89. The van der Waals surface area contributed by atoms with Crippen LogP contribution in [0.15, 0.2) is 16.1 Å². The van der Waals surface area contributed by atoms with Crippen LogP contribution in [0.4, 0.5) is 0 Å². The molecule has 0 amide bonds. The second-order valence-electron chi connectivity index (χ2n) is 2.09. The summed E-state index contributed by atoms with van der Waals surface area (Å²) in [4.78, 5) is 4.88. The second-order valence-corrected chi connectivity index (χ2v) is 4.82. The minimum atomic E-state index is -4.84. The summed E-state index contributed by atoms with van der Waals surface area (Å²) in [6, 6.07) is 0.